The molecule has 0 spiro atoms. The summed E-state index contributed by atoms with van der Waals surface area (Å²) in [6, 6.07) is 8.94. The van der Waals surface area contributed by atoms with Crippen molar-refractivity contribution in [2.24, 2.45) is 11.7 Å². The van der Waals surface area contributed by atoms with E-state index in [1.54, 1.807) is 0 Å². The van der Waals surface area contributed by atoms with Crippen LogP contribution in [0.1, 0.15) is 44.6 Å². The molecule has 2 atom stereocenters. The molecule has 2 N–H and O–H groups in total. The van der Waals surface area contributed by atoms with E-state index in [-0.39, 0.29) is 0 Å². The van der Waals surface area contributed by atoms with E-state index in [1.807, 2.05) is 12.1 Å². The highest BCUT2D eigenvalue weighted by Crippen LogP contribution is 2.31. The molecule has 1 aromatic rings. The Morgan fingerprint density at radius 1 is 1.42 bits per heavy atom. The maximum Gasteiger partial charge on any atom is 0.104 e. The lowest BCUT2D eigenvalue weighted by atomic mass is 9.83. The minimum atomic E-state index is 0.477. The molecule has 2 nitrogen and oxygen atoms in total. The molecule has 3 heteroatoms. The van der Waals surface area contributed by atoms with E-state index in [2.05, 4.69) is 31.0 Å². The Kier molecular flexibility index (Phi) is 4.81. The van der Waals surface area contributed by atoms with E-state index < -0.39 is 0 Å². The molecule has 1 saturated carbocycles. The van der Waals surface area contributed by atoms with Gasteiger partial charge in [-0.15, -0.1) is 0 Å². The fraction of sp³-hybridized carbons (Fsp3) is 0.562. The van der Waals surface area contributed by atoms with Crippen molar-refractivity contribution < 1.29 is 0 Å². The van der Waals surface area contributed by atoms with Crippen molar-refractivity contribution in [3.8, 4) is 0 Å². The van der Waals surface area contributed by atoms with Gasteiger partial charge in [0.05, 0.1) is 0 Å². The third kappa shape index (κ3) is 3.47. The van der Waals surface area contributed by atoms with Crippen LogP contribution < -0.4 is 10.6 Å². The molecule has 0 aromatic heterocycles. The van der Waals surface area contributed by atoms with Crippen LogP contribution in [0.2, 0.25) is 0 Å². The highest BCUT2D eigenvalue weighted by atomic mass is 32.1. The van der Waals surface area contributed by atoms with Crippen LogP contribution in [0, 0.1) is 5.92 Å². The maximum atomic E-state index is 5.72. The van der Waals surface area contributed by atoms with E-state index >= 15 is 0 Å². The molecule has 2 rings (SSSR count). The van der Waals surface area contributed by atoms with Crippen molar-refractivity contribution in [3.05, 3.63) is 29.8 Å². The van der Waals surface area contributed by atoms with Crippen molar-refractivity contribution in [2.75, 3.05) is 11.9 Å². The van der Waals surface area contributed by atoms with Crippen molar-refractivity contribution in [2.45, 2.75) is 45.1 Å². The summed E-state index contributed by atoms with van der Waals surface area (Å²) < 4.78 is 0. The summed E-state index contributed by atoms with van der Waals surface area (Å²) in [5.41, 5.74) is 7.91. The van der Waals surface area contributed by atoms with Gasteiger partial charge in [-0.2, -0.15) is 0 Å². The smallest absolute Gasteiger partial charge is 0.104 e. The van der Waals surface area contributed by atoms with Crippen LogP contribution >= 0.6 is 12.2 Å². The van der Waals surface area contributed by atoms with Crippen LogP contribution in [0.5, 0.6) is 0 Å². The molecule has 1 aliphatic carbocycles. The summed E-state index contributed by atoms with van der Waals surface area (Å²) in [6.45, 7) is 2.31. The van der Waals surface area contributed by atoms with Gasteiger partial charge in [-0.25, -0.2) is 0 Å². The normalized spacial score (nSPS) is 23.1. The Morgan fingerprint density at radius 2 is 2.21 bits per heavy atom. The van der Waals surface area contributed by atoms with Crippen LogP contribution in [0.15, 0.2) is 24.3 Å². The molecule has 0 heterocycles. The zero-order valence-corrected chi connectivity index (χ0v) is 12.7. The van der Waals surface area contributed by atoms with E-state index in [0.717, 1.165) is 11.5 Å². The summed E-state index contributed by atoms with van der Waals surface area (Å²) in [5, 5.41) is 0. The van der Waals surface area contributed by atoms with Crippen LogP contribution in [-0.2, 0) is 0 Å². The lowest BCUT2D eigenvalue weighted by molar-refractivity contribution is 0.309. The van der Waals surface area contributed by atoms with E-state index in [0.29, 0.717) is 11.0 Å². The summed E-state index contributed by atoms with van der Waals surface area (Å²) in [7, 11) is 2.20. The van der Waals surface area contributed by atoms with Gasteiger partial charge >= 0.3 is 0 Å². The number of thiocarbonyl (C=S) groups is 1. The predicted octanol–water partition coefficient (Wildman–Crippen LogP) is 3.73. The lowest BCUT2D eigenvalue weighted by Gasteiger charge is -2.36. The number of nitrogens with zero attached hydrogens (tertiary/aromatic N) is 1. The molecule has 104 valence electrons. The third-order valence-electron chi connectivity index (χ3n) is 4.42. The second kappa shape index (κ2) is 6.38. The maximum absolute atomic E-state index is 5.72. The predicted molar refractivity (Wildman–Crippen MR) is 86.8 cm³/mol. The number of nitrogens with two attached hydrogens (primary N) is 1. The Labute approximate surface area is 122 Å². The zero-order chi connectivity index (χ0) is 13.8. The molecule has 0 aliphatic heterocycles. The highest BCUT2D eigenvalue weighted by Gasteiger charge is 2.24. The Bertz CT molecular complexity index is 444. The minimum Gasteiger partial charge on any atom is -0.389 e. The van der Waals surface area contributed by atoms with E-state index in [1.165, 1.54) is 37.8 Å². The van der Waals surface area contributed by atoms with Gasteiger partial charge in [-0.05, 0) is 30.9 Å². The first-order valence-electron chi connectivity index (χ1n) is 7.24. The largest absolute Gasteiger partial charge is 0.389 e. The summed E-state index contributed by atoms with van der Waals surface area (Å²) in [6.07, 6.45) is 6.65. The van der Waals surface area contributed by atoms with Crippen molar-refractivity contribution in [3.63, 3.8) is 0 Å². The third-order valence-corrected chi connectivity index (χ3v) is 4.65. The first-order chi connectivity index (χ1) is 9.11. The Morgan fingerprint density at radius 3 is 2.89 bits per heavy atom. The van der Waals surface area contributed by atoms with Crippen LogP contribution in [0.4, 0.5) is 5.69 Å². The van der Waals surface area contributed by atoms with E-state index in [9.17, 15) is 0 Å². The molecule has 1 aliphatic rings. The average Bonchev–Trinajstić information content (AvgIpc) is 2.46. The van der Waals surface area contributed by atoms with Crippen LogP contribution in [0.25, 0.3) is 0 Å². The average molecular weight is 276 g/mol. The lowest BCUT2D eigenvalue weighted by Crippen LogP contribution is -2.36. The fourth-order valence-electron chi connectivity index (χ4n) is 3.07. The molecule has 0 saturated heterocycles. The molecule has 0 bridgehead atoms. The van der Waals surface area contributed by atoms with Gasteiger partial charge in [0.15, 0.2) is 0 Å². The first kappa shape index (κ1) is 14.3. The monoisotopic (exact) mass is 276 g/mol. The van der Waals surface area contributed by atoms with Gasteiger partial charge in [0.1, 0.15) is 4.99 Å². The van der Waals surface area contributed by atoms with Gasteiger partial charge in [-0.1, -0.05) is 50.5 Å². The Hall–Kier alpha value is -1.09. The van der Waals surface area contributed by atoms with Crippen LogP contribution in [0.3, 0.4) is 0 Å². The zero-order valence-electron chi connectivity index (χ0n) is 11.9. The van der Waals surface area contributed by atoms with Gasteiger partial charge in [-0.3, -0.25) is 0 Å². The molecular weight excluding hydrogens is 252 g/mol. The number of benzene rings is 1. The summed E-state index contributed by atoms with van der Waals surface area (Å²) >= 11 is 5.06. The van der Waals surface area contributed by atoms with Gasteiger partial charge in [0.2, 0.25) is 0 Å². The van der Waals surface area contributed by atoms with Gasteiger partial charge < -0.3 is 10.6 Å². The number of hydrogen-bond donors (Lipinski definition) is 1. The van der Waals surface area contributed by atoms with Crippen molar-refractivity contribution in [1.82, 2.24) is 0 Å². The van der Waals surface area contributed by atoms with E-state index in [4.69, 9.17) is 18.0 Å². The second-order valence-electron chi connectivity index (χ2n) is 5.62. The fourth-order valence-corrected chi connectivity index (χ4v) is 3.20. The van der Waals surface area contributed by atoms with Gasteiger partial charge in [0.25, 0.3) is 0 Å². The van der Waals surface area contributed by atoms with Crippen molar-refractivity contribution in [1.29, 1.82) is 0 Å². The topological polar surface area (TPSA) is 29.3 Å². The molecular formula is C16H24N2S. The molecule has 19 heavy (non-hydrogen) atoms. The van der Waals surface area contributed by atoms with Crippen LogP contribution in [-0.4, -0.2) is 18.1 Å². The SMILES string of the molecule is CCC1CCCC(N(C)c2cccc(C(N)=S)c2)C1. The molecule has 0 amide bonds. The number of anilines is 1. The second-order valence-corrected chi connectivity index (χ2v) is 6.06. The molecule has 1 aromatic carbocycles. The molecule has 1 fully saturated rings. The standard InChI is InChI=1S/C16H24N2S/c1-3-12-6-4-8-14(10-12)18(2)15-9-5-7-13(11-15)16(17)19/h5,7,9,11-12,14H,3-4,6,8,10H2,1-2H3,(H2,17,19). The Balaban J connectivity index is 2.12. The summed E-state index contributed by atoms with van der Waals surface area (Å²) in [4.78, 5) is 2.88. The quantitative estimate of drug-likeness (QED) is 0.850. The minimum absolute atomic E-state index is 0.477. The number of rotatable bonds is 4. The van der Waals surface area contributed by atoms with Gasteiger partial charge in [0, 0.05) is 24.3 Å². The summed E-state index contributed by atoms with van der Waals surface area (Å²) in [5.74, 6) is 0.889. The number of hydrogen-bond acceptors (Lipinski definition) is 2. The molecule has 0 radical (unpaired) electrons. The van der Waals surface area contributed by atoms with Crippen molar-refractivity contribution >= 4 is 22.9 Å². The molecule has 2 unspecified atom stereocenters. The highest BCUT2D eigenvalue weighted by molar-refractivity contribution is 7.80. The first-order valence-corrected chi connectivity index (χ1v) is 7.65.